The van der Waals surface area contributed by atoms with E-state index in [1.165, 1.54) is 11.8 Å². The van der Waals surface area contributed by atoms with Crippen LogP contribution in [0.3, 0.4) is 0 Å². The van der Waals surface area contributed by atoms with E-state index in [4.69, 9.17) is 11.6 Å². The van der Waals surface area contributed by atoms with E-state index in [2.05, 4.69) is 4.57 Å². The topological polar surface area (TPSA) is 128 Å². The Labute approximate surface area is 263 Å². The number of aryl methyl sites for hydroxylation is 1. The van der Waals surface area contributed by atoms with E-state index in [0.717, 1.165) is 47.8 Å². The van der Waals surface area contributed by atoms with Crippen LogP contribution < -0.4 is 14.2 Å². The number of benzene rings is 3. The smallest absolute Gasteiger partial charge is 0.263 e. The molecule has 2 heterocycles. The number of hydrogen-bond donors (Lipinski definition) is 1. The summed E-state index contributed by atoms with van der Waals surface area (Å²) in [5.74, 6) is -1.14. The lowest BCUT2D eigenvalue weighted by Crippen LogP contribution is -2.38. The number of rotatable bonds is 10. The molecule has 0 aliphatic carbocycles. The first kappa shape index (κ1) is 31.5. The van der Waals surface area contributed by atoms with Crippen LogP contribution in [0.4, 0.5) is 5.69 Å². The van der Waals surface area contributed by atoms with E-state index < -0.39 is 31.8 Å². The first-order chi connectivity index (χ1) is 20.3. The van der Waals surface area contributed by atoms with Gasteiger partial charge in [-0.2, -0.15) is 4.57 Å². The number of anilines is 1. The fourth-order valence-corrected chi connectivity index (χ4v) is 8.32. The summed E-state index contributed by atoms with van der Waals surface area (Å²) >= 11 is 9.28. The second kappa shape index (κ2) is 12.6. The third kappa shape index (κ3) is 7.59. The van der Waals surface area contributed by atoms with Crippen molar-refractivity contribution in [2.45, 2.75) is 31.2 Å². The molecule has 43 heavy (non-hydrogen) atoms. The number of sulfonamides is 1. The van der Waals surface area contributed by atoms with Gasteiger partial charge in [0.1, 0.15) is 11.2 Å². The number of fused-ring (bicyclic) bond motifs is 4. The van der Waals surface area contributed by atoms with Crippen molar-refractivity contribution in [2.75, 3.05) is 23.5 Å². The first-order valence-corrected chi connectivity index (χ1v) is 18.7. The molecule has 0 radical (unpaired) electrons. The number of carbonyl (C=O) groups is 1. The molecule has 14 heteroatoms. The highest BCUT2D eigenvalue weighted by Crippen LogP contribution is 2.47. The van der Waals surface area contributed by atoms with Crippen molar-refractivity contribution in [3.8, 4) is 0 Å². The monoisotopic (exact) mass is 677 g/mol. The third-order valence-corrected chi connectivity index (χ3v) is 10.5. The van der Waals surface area contributed by atoms with Crippen molar-refractivity contribution in [3.05, 3.63) is 81.3 Å². The SMILES string of the molecule is CCC(=Cc1sc2ccc3ccccc3c2[n+]1CCCS(=O)(=O)[O-])C=C1Sc2ccc(Cl)cc2N1CC(=O)NS(C)(=O)=O. The van der Waals surface area contributed by atoms with Gasteiger partial charge in [0, 0.05) is 28.2 Å². The number of thioether (sulfide) groups is 1. The molecule has 0 saturated carbocycles. The van der Waals surface area contributed by atoms with Crippen LogP contribution in [0.25, 0.3) is 27.1 Å². The summed E-state index contributed by atoms with van der Waals surface area (Å²) in [6.45, 7) is 2.12. The van der Waals surface area contributed by atoms with E-state index in [0.29, 0.717) is 23.7 Å². The van der Waals surface area contributed by atoms with Crippen LogP contribution in [0.5, 0.6) is 0 Å². The van der Waals surface area contributed by atoms with E-state index in [1.807, 2.05) is 66.3 Å². The zero-order valence-corrected chi connectivity index (χ0v) is 27.3. The van der Waals surface area contributed by atoms with Gasteiger partial charge in [-0.25, -0.2) is 16.8 Å². The molecule has 0 atom stereocenters. The average molecular weight is 678 g/mol. The quantitative estimate of drug-likeness (QED) is 0.178. The molecule has 1 aliphatic heterocycles. The summed E-state index contributed by atoms with van der Waals surface area (Å²) in [6, 6.07) is 17.4. The fraction of sp³-hybridized carbons (Fsp3) is 0.241. The molecule has 0 bridgehead atoms. The van der Waals surface area contributed by atoms with Crippen molar-refractivity contribution < 1.29 is 30.7 Å². The fourth-order valence-electron chi connectivity index (χ4n) is 4.89. The molecule has 3 aromatic carbocycles. The van der Waals surface area contributed by atoms with Gasteiger partial charge in [-0.05, 0) is 53.8 Å². The number of thiazole rings is 1. The Morgan fingerprint density at radius 3 is 2.60 bits per heavy atom. The van der Waals surface area contributed by atoms with Gasteiger partial charge in [-0.15, -0.1) is 0 Å². The average Bonchev–Trinajstić information content (AvgIpc) is 3.43. The number of nitrogens with zero attached hydrogens (tertiary/aromatic N) is 2. The highest BCUT2D eigenvalue weighted by atomic mass is 35.5. The van der Waals surface area contributed by atoms with Crippen LogP contribution in [-0.4, -0.2) is 45.8 Å². The van der Waals surface area contributed by atoms with Gasteiger partial charge < -0.3 is 9.45 Å². The van der Waals surface area contributed by atoms with Crippen LogP contribution in [0.2, 0.25) is 5.02 Å². The number of halogens is 1. The molecule has 0 fully saturated rings. The maximum Gasteiger partial charge on any atom is 0.263 e. The van der Waals surface area contributed by atoms with Crippen LogP contribution in [-0.2, 0) is 31.5 Å². The van der Waals surface area contributed by atoms with Gasteiger partial charge in [-0.3, -0.25) is 9.52 Å². The van der Waals surface area contributed by atoms with Gasteiger partial charge in [0.2, 0.25) is 15.5 Å². The molecule has 0 spiro atoms. The molecular weight excluding hydrogens is 650 g/mol. The Kier molecular flexibility index (Phi) is 9.21. The Balaban J connectivity index is 1.58. The van der Waals surface area contributed by atoms with Crippen molar-refractivity contribution in [1.82, 2.24) is 4.72 Å². The second-order valence-corrected chi connectivity index (χ2v) is 15.8. The molecule has 1 amide bonds. The van der Waals surface area contributed by atoms with E-state index in [1.54, 1.807) is 28.4 Å². The molecule has 1 aliphatic rings. The van der Waals surface area contributed by atoms with Crippen LogP contribution in [0, 0.1) is 0 Å². The Hall–Kier alpha value is -2.94. The predicted octanol–water partition coefficient (Wildman–Crippen LogP) is 5.25. The first-order valence-electron chi connectivity index (χ1n) is 13.3. The van der Waals surface area contributed by atoms with Crippen molar-refractivity contribution in [1.29, 1.82) is 0 Å². The number of nitrogens with one attached hydrogen (secondary N) is 1. The lowest BCUT2D eigenvalue weighted by molar-refractivity contribution is -0.667. The standard InChI is InChI=1S/C29H28ClN3O6S4/c1-3-19(16-28-33(18-26(34)31-42(2,35)36)23-17-21(30)10-12-24(23)40-28)15-27-32(13-6-14-43(37,38)39)29-22-8-5-4-7-20(22)9-11-25(29)41-27/h4-5,7-12,15-17H,3,6,13-14,18H2,1-2H3,(H-,31,34,37,38,39). The lowest BCUT2D eigenvalue weighted by Gasteiger charge is -2.20. The summed E-state index contributed by atoms with van der Waals surface area (Å²) in [5.41, 5.74) is 2.60. The number of amides is 1. The zero-order valence-electron chi connectivity index (χ0n) is 23.2. The zero-order chi connectivity index (χ0) is 30.9. The molecular formula is C29H28ClN3O6S4. The third-order valence-electron chi connectivity index (χ3n) is 6.71. The van der Waals surface area contributed by atoms with Gasteiger partial charge in [-0.1, -0.05) is 65.9 Å². The van der Waals surface area contributed by atoms with Crippen LogP contribution in [0.15, 0.2) is 76.2 Å². The van der Waals surface area contributed by atoms with Crippen molar-refractivity contribution in [2.24, 2.45) is 0 Å². The number of hydrogen-bond acceptors (Lipinski definition) is 9. The van der Waals surface area contributed by atoms with Crippen LogP contribution in [0.1, 0.15) is 24.8 Å². The van der Waals surface area contributed by atoms with Crippen molar-refractivity contribution >= 4 is 93.5 Å². The number of allylic oxidation sites excluding steroid dienone is 2. The summed E-state index contributed by atoms with van der Waals surface area (Å²) in [7, 11) is -8.09. The lowest BCUT2D eigenvalue weighted by atomic mass is 10.1. The highest BCUT2D eigenvalue weighted by molar-refractivity contribution is 8.03. The second-order valence-electron chi connectivity index (χ2n) is 9.99. The summed E-state index contributed by atoms with van der Waals surface area (Å²) in [4.78, 5) is 15.3. The Morgan fingerprint density at radius 2 is 1.88 bits per heavy atom. The minimum atomic E-state index is -4.36. The Bertz CT molecular complexity index is 2020. The predicted molar refractivity (Wildman–Crippen MR) is 173 cm³/mol. The largest absolute Gasteiger partial charge is 0.748 e. The maximum atomic E-state index is 12.6. The van der Waals surface area contributed by atoms with E-state index in [9.17, 15) is 26.2 Å². The normalized spacial score (nSPS) is 15.0. The molecule has 0 saturated heterocycles. The minimum Gasteiger partial charge on any atom is -0.748 e. The minimum absolute atomic E-state index is 0.171. The Morgan fingerprint density at radius 1 is 1.12 bits per heavy atom. The molecule has 226 valence electrons. The maximum absolute atomic E-state index is 12.6. The molecule has 1 aromatic heterocycles. The van der Waals surface area contributed by atoms with E-state index in [-0.39, 0.29) is 13.0 Å². The summed E-state index contributed by atoms with van der Waals surface area (Å²) < 4.78 is 62.6. The molecule has 1 N–H and O–H groups in total. The van der Waals surface area contributed by atoms with Gasteiger partial charge in [0.15, 0.2) is 6.54 Å². The van der Waals surface area contributed by atoms with Gasteiger partial charge in [0.05, 0.1) is 32.5 Å². The number of carbonyl (C=O) groups excluding carboxylic acids is 1. The molecule has 5 rings (SSSR count). The van der Waals surface area contributed by atoms with Crippen molar-refractivity contribution in [3.63, 3.8) is 0 Å². The molecule has 0 unspecified atom stereocenters. The van der Waals surface area contributed by atoms with Gasteiger partial charge in [0.25, 0.3) is 10.9 Å². The van der Waals surface area contributed by atoms with E-state index >= 15 is 0 Å². The molecule has 4 aromatic rings. The highest BCUT2D eigenvalue weighted by Gasteiger charge is 2.29. The van der Waals surface area contributed by atoms with Crippen LogP contribution >= 0.6 is 34.7 Å². The summed E-state index contributed by atoms with van der Waals surface area (Å²) in [6.07, 6.45) is 5.72. The molecule has 9 nitrogen and oxygen atoms in total. The van der Waals surface area contributed by atoms with Gasteiger partial charge >= 0.3 is 0 Å². The number of aromatic nitrogens is 1. The summed E-state index contributed by atoms with van der Waals surface area (Å²) in [5, 5.41) is 4.17.